The number of carbonyl (C=O) groups is 2. The molecule has 0 radical (unpaired) electrons. The summed E-state index contributed by atoms with van der Waals surface area (Å²) in [7, 11) is 1.39. The monoisotopic (exact) mass is 414 g/mol. The van der Waals surface area contributed by atoms with Gasteiger partial charge in [0, 0.05) is 12.1 Å². The second kappa shape index (κ2) is 10.4. The molecule has 0 aliphatic heterocycles. The molecule has 0 saturated carbocycles. The summed E-state index contributed by atoms with van der Waals surface area (Å²) >= 11 is 0. The van der Waals surface area contributed by atoms with E-state index in [1.165, 1.54) is 32.2 Å². The topological polar surface area (TPSA) is 108 Å². The van der Waals surface area contributed by atoms with Gasteiger partial charge in [0.1, 0.15) is 5.75 Å². The molecule has 2 aromatic carbocycles. The van der Waals surface area contributed by atoms with Crippen molar-refractivity contribution in [1.82, 2.24) is 0 Å². The predicted octanol–water partition coefficient (Wildman–Crippen LogP) is 4.30. The molecule has 0 saturated heterocycles. The zero-order valence-corrected chi connectivity index (χ0v) is 17.5. The first-order valence-corrected chi connectivity index (χ1v) is 9.67. The Morgan fingerprint density at radius 1 is 1.13 bits per heavy atom. The highest BCUT2D eigenvalue weighted by Crippen LogP contribution is 2.30. The van der Waals surface area contributed by atoms with Crippen LogP contribution in [0.5, 0.6) is 5.75 Å². The summed E-state index contributed by atoms with van der Waals surface area (Å²) in [5, 5.41) is 13.5. The van der Waals surface area contributed by atoms with Gasteiger partial charge in [-0.1, -0.05) is 50.6 Å². The number of esters is 1. The smallest absolute Gasteiger partial charge is 0.314 e. The van der Waals surface area contributed by atoms with Crippen LogP contribution in [-0.2, 0) is 14.3 Å². The van der Waals surface area contributed by atoms with Gasteiger partial charge in [0.2, 0.25) is 0 Å². The molecule has 30 heavy (non-hydrogen) atoms. The van der Waals surface area contributed by atoms with Gasteiger partial charge in [0.05, 0.1) is 23.6 Å². The van der Waals surface area contributed by atoms with Gasteiger partial charge in [-0.3, -0.25) is 19.7 Å². The third-order valence-electron chi connectivity index (χ3n) is 4.94. The number of anilines is 1. The van der Waals surface area contributed by atoms with E-state index in [9.17, 15) is 19.7 Å². The Bertz CT molecular complexity index is 900. The van der Waals surface area contributed by atoms with E-state index < -0.39 is 28.8 Å². The largest absolute Gasteiger partial charge is 0.495 e. The van der Waals surface area contributed by atoms with E-state index >= 15 is 0 Å². The van der Waals surface area contributed by atoms with Crippen molar-refractivity contribution in [3.8, 4) is 5.75 Å². The Balaban J connectivity index is 2.15. The van der Waals surface area contributed by atoms with Crippen LogP contribution in [0.3, 0.4) is 0 Å². The average molecular weight is 414 g/mol. The fourth-order valence-electron chi connectivity index (χ4n) is 3.04. The number of hydrogen-bond donors (Lipinski definition) is 1. The van der Waals surface area contributed by atoms with E-state index in [2.05, 4.69) is 5.32 Å². The molecule has 2 rings (SSSR count). The number of nitro groups is 1. The van der Waals surface area contributed by atoms with E-state index in [4.69, 9.17) is 9.47 Å². The van der Waals surface area contributed by atoms with Crippen LogP contribution in [0, 0.1) is 16.0 Å². The fraction of sp³-hybridized carbons (Fsp3) is 0.364. The standard InChI is InChI=1S/C22H26N2O6/c1-5-14(2)20(16-9-7-6-8-10-16)22(26)30-15(3)21(25)23-18-13-17(24(27)28)11-12-19(18)29-4/h6-15,20H,5H2,1-4H3,(H,23,25)/t14-,15+,20+/m1/s1. The molecule has 0 aliphatic rings. The van der Waals surface area contributed by atoms with Crippen molar-refractivity contribution in [2.24, 2.45) is 5.92 Å². The summed E-state index contributed by atoms with van der Waals surface area (Å²) in [4.78, 5) is 35.9. The third kappa shape index (κ3) is 5.56. The van der Waals surface area contributed by atoms with E-state index in [1.54, 1.807) is 0 Å². The number of non-ortho nitro benzene ring substituents is 1. The molecule has 0 aliphatic carbocycles. The van der Waals surface area contributed by atoms with Gasteiger partial charge in [-0.25, -0.2) is 0 Å². The van der Waals surface area contributed by atoms with Gasteiger partial charge < -0.3 is 14.8 Å². The van der Waals surface area contributed by atoms with Crippen LogP contribution in [-0.4, -0.2) is 30.0 Å². The molecule has 3 atom stereocenters. The second-order valence-corrected chi connectivity index (χ2v) is 6.98. The zero-order valence-electron chi connectivity index (χ0n) is 17.5. The first kappa shape index (κ1) is 22.9. The van der Waals surface area contributed by atoms with Crippen LogP contribution in [0.1, 0.15) is 38.7 Å². The highest BCUT2D eigenvalue weighted by atomic mass is 16.6. The minimum Gasteiger partial charge on any atom is -0.495 e. The number of benzene rings is 2. The molecule has 8 nitrogen and oxygen atoms in total. The number of hydrogen-bond acceptors (Lipinski definition) is 6. The van der Waals surface area contributed by atoms with Crippen LogP contribution in [0.2, 0.25) is 0 Å². The molecule has 1 amide bonds. The summed E-state index contributed by atoms with van der Waals surface area (Å²) in [6, 6.07) is 13.1. The normalized spacial score (nSPS) is 13.6. The van der Waals surface area contributed by atoms with Gasteiger partial charge in [0.25, 0.3) is 11.6 Å². The maximum atomic E-state index is 12.9. The van der Waals surface area contributed by atoms with Gasteiger partial charge in [-0.05, 0) is 24.5 Å². The number of amides is 1. The minimum atomic E-state index is -1.10. The molecule has 0 spiro atoms. The summed E-state index contributed by atoms with van der Waals surface area (Å²) in [5.41, 5.74) is 0.752. The van der Waals surface area contributed by atoms with Gasteiger partial charge in [0.15, 0.2) is 6.10 Å². The first-order valence-electron chi connectivity index (χ1n) is 9.67. The van der Waals surface area contributed by atoms with E-state index in [1.807, 2.05) is 44.2 Å². The zero-order chi connectivity index (χ0) is 22.3. The Labute approximate surface area is 175 Å². The number of nitro benzene ring substituents is 1. The van der Waals surface area contributed by atoms with Crippen molar-refractivity contribution >= 4 is 23.3 Å². The van der Waals surface area contributed by atoms with Crippen molar-refractivity contribution in [1.29, 1.82) is 0 Å². The highest BCUT2D eigenvalue weighted by Gasteiger charge is 2.30. The van der Waals surface area contributed by atoms with Crippen LogP contribution in [0.25, 0.3) is 0 Å². The molecule has 0 aromatic heterocycles. The van der Waals surface area contributed by atoms with E-state index in [0.717, 1.165) is 12.0 Å². The highest BCUT2D eigenvalue weighted by molar-refractivity contribution is 5.97. The van der Waals surface area contributed by atoms with Crippen molar-refractivity contribution in [3.05, 3.63) is 64.2 Å². The maximum Gasteiger partial charge on any atom is 0.314 e. The number of rotatable bonds is 9. The Hall–Kier alpha value is -3.42. The SMILES string of the molecule is CC[C@@H](C)[C@H](C(=O)O[C@@H](C)C(=O)Nc1cc([N+](=O)[O-])ccc1OC)c1ccccc1. The Morgan fingerprint density at radius 3 is 2.37 bits per heavy atom. The minimum absolute atomic E-state index is 0.0204. The Morgan fingerprint density at radius 2 is 1.80 bits per heavy atom. The first-order chi connectivity index (χ1) is 14.3. The number of ether oxygens (including phenoxy) is 2. The lowest BCUT2D eigenvalue weighted by Gasteiger charge is -2.24. The van der Waals surface area contributed by atoms with Crippen LogP contribution in [0.4, 0.5) is 11.4 Å². The predicted molar refractivity (Wildman–Crippen MR) is 112 cm³/mol. The number of carbonyl (C=O) groups excluding carboxylic acids is 2. The van der Waals surface area contributed by atoms with Crippen molar-refractivity contribution in [2.45, 2.75) is 39.2 Å². The van der Waals surface area contributed by atoms with Crippen molar-refractivity contribution in [2.75, 3.05) is 12.4 Å². The maximum absolute atomic E-state index is 12.9. The molecule has 0 bridgehead atoms. The van der Waals surface area contributed by atoms with Gasteiger partial charge in [-0.15, -0.1) is 0 Å². The molecule has 8 heteroatoms. The lowest BCUT2D eigenvalue weighted by atomic mass is 9.85. The molecule has 2 aromatic rings. The lowest BCUT2D eigenvalue weighted by Crippen LogP contribution is -2.33. The number of methoxy groups -OCH3 is 1. The quantitative estimate of drug-likeness (QED) is 0.372. The molecule has 1 N–H and O–H groups in total. The summed E-state index contributed by atoms with van der Waals surface area (Å²) in [5.74, 6) is -1.33. The van der Waals surface area contributed by atoms with Gasteiger partial charge >= 0.3 is 5.97 Å². The molecule has 0 unspecified atom stereocenters. The van der Waals surface area contributed by atoms with Crippen LogP contribution >= 0.6 is 0 Å². The molecule has 0 fully saturated rings. The molecular formula is C22H26N2O6. The number of nitrogens with one attached hydrogen (secondary N) is 1. The third-order valence-corrected chi connectivity index (χ3v) is 4.94. The van der Waals surface area contributed by atoms with Gasteiger partial charge in [-0.2, -0.15) is 0 Å². The molecule has 160 valence electrons. The second-order valence-electron chi connectivity index (χ2n) is 6.98. The molecule has 0 heterocycles. The van der Waals surface area contributed by atoms with E-state index in [-0.39, 0.29) is 23.0 Å². The lowest BCUT2D eigenvalue weighted by molar-refractivity contribution is -0.384. The average Bonchev–Trinajstić information content (AvgIpc) is 2.74. The fourth-order valence-corrected chi connectivity index (χ4v) is 3.04. The summed E-state index contributed by atoms with van der Waals surface area (Å²) in [6.07, 6.45) is -0.336. The van der Waals surface area contributed by atoms with Crippen LogP contribution < -0.4 is 10.1 Å². The van der Waals surface area contributed by atoms with Crippen molar-refractivity contribution < 1.29 is 24.0 Å². The summed E-state index contributed by atoms with van der Waals surface area (Å²) in [6.45, 7) is 5.39. The molecular weight excluding hydrogens is 388 g/mol. The Kier molecular flexibility index (Phi) is 7.91. The van der Waals surface area contributed by atoms with E-state index in [0.29, 0.717) is 0 Å². The number of nitrogens with zero attached hydrogens (tertiary/aromatic N) is 1. The van der Waals surface area contributed by atoms with Crippen LogP contribution in [0.15, 0.2) is 48.5 Å². The van der Waals surface area contributed by atoms with Crippen molar-refractivity contribution in [3.63, 3.8) is 0 Å². The summed E-state index contributed by atoms with van der Waals surface area (Å²) < 4.78 is 10.6.